The van der Waals surface area contributed by atoms with Crippen molar-refractivity contribution in [3.05, 3.63) is 0 Å². The maximum Gasteiger partial charge on any atom is 0.0431 e. The molecule has 2 heteroatoms. The van der Waals surface area contributed by atoms with Crippen LogP contribution in [0.25, 0.3) is 0 Å². The quantitative estimate of drug-likeness (QED) is 0.636. The van der Waals surface area contributed by atoms with E-state index in [-0.39, 0.29) is 0 Å². The van der Waals surface area contributed by atoms with Gasteiger partial charge < -0.3 is 10.0 Å². The van der Waals surface area contributed by atoms with Crippen LogP contribution in [0.3, 0.4) is 0 Å². The highest BCUT2D eigenvalue weighted by molar-refractivity contribution is 4.72. The van der Waals surface area contributed by atoms with Crippen LogP contribution in [-0.4, -0.2) is 35.7 Å². The number of likely N-dealkylation sites (tertiary alicyclic amines) is 1. The van der Waals surface area contributed by atoms with Gasteiger partial charge >= 0.3 is 0 Å². The summed E-state index contributed by atoms with van der Waals surface area (Å²) in [6, 6.07) is 0.735. The first-order valence-corrected chi connectivity index (χ1v) is 5.19. The Bertz CT molecular complexity index is 110. The Kier molecular flexibility index (Phi) is 4.62. The minimum atomic E-state index is 0.354. The predicted octanol–water partition coefficient (Wildman–Crippen LogP) is 1.63. The summed E-state index contributed by atoms with van der Waals surface area (Å²) in [6.07, 6.45) is 6.15. The van der Waals surface area contributed by atoms with Crippen LogP contribution < -0.4 is 0 Å². The molecule has 1 aliphatic rings. The lowest BCUT2D eigenvalue weighted by atomic mass is 10.1. The second-order valence-corrected chi connectivity index (χ2v) is 3.81. The van der Waals surface area contributed by atoms with Gasteiger partial charge in [0.25, 0.3) is 0 Å². The van der Waals surface area contributed by atoms with Crippen LogP contribution in [0.2, 0.25) is 0 Å². The Hall–Kier alpha value is -0.0800. The van der Waals surface area contributed by atoms with E-state index in [1.807, 2.05) is 0 Å². The van der Waals surface area contributed by atoms with E-state index in [9.17, 15) is 0 Å². The van der Waals surface area contributed by atoms with E-state index in [0.717, 1.165) is 12.5 Å². The molecule has 0 amide bonds. The normalized spacial score (nSPS) is 21.5. The molecule has 0 radical (unpaired) electrons. The number of nitrogens with zero attached hydrogens (tertiary/aromatic N) is 1. The Morgan fingerprint density at radius 1 is 1.25 bits per heavy atom. The van der Waals surface area contributed by atoms with Crippen molar-refractivity contribution in [1.82, 2.24) is 4.90 Å². The molecule has 1 saturated heterocycles. The fourth-order valence-corrected chi connectivity index (χ4v) is 1.92. The zero-order valence-electron chi connectivity index (χ0n) is 8.13. The molecule has 1 N–H and O–H groups in total. The third kappa shape index (κ3) is 3.11. The fourth-order valence-electron chi connectivity index (χ4n) is 1.92. The van der Waals surface area contributed by atoms with Gasteiger partial charge in [-0.25, -0.2) is 0 Å². The van der Waals surface area contributed by atoms with Crippen molar-refractivity contribution < 1.29 is 5.11 Å². The zero-order valence-corrected chi connectivity index (χ0v) is 8.13. The molecule has 2 nitrogen and oxygen atoms in total. The van der Waals surface area contributed by atoms with Crippen LogP contribution in [0.15, 0.2) is 0 Å². The van der Waals surface area contributed by atoms with E-state index < -0.39 is 0 Å². The molecule has 1 aliphatic heterocycles. The molecule has 0 bridgehead atoms. The van der Waals surface area contributed by atoms with Gasteiger partial charge in [-0.05, 0) is 52.1 Å². The van der Waals surface area contributed by atoms with Crippen molar-refractivity contribution in [2.24, 2.45) is 0 Å². The minimum absolute atomic E-state index is 0.354. The van der Waals surface area contributed by atoms with Gasteiger partial charge in [-0.1, -0.05) is 0 Å². The molecule has 1 fully saturated rings. The maximum absolute atomic E-state index is 8.63. The molecule has 72 valence electrons. The van der Waals surface area contributed by atoms with Gasteiger partial charge in [-0.3, -0.25) is 0 Å². The van der Waals surface area contributed by atoms with E-state index in [1.165, 1.54) is 38.8 Å². The van der Waals surface area contributed by atoms with E-state index in [4.69, 9.17) is 5.11 Å². The van der Waals surface area contributed by atoms with Crippen molar-refractivity contribution in [3.8, 4) is 0 Å². The Balaban J connectivity index is 2.05. The SMILES string of the molecule is CC(CCCCO)N1CCCC1. The van der Waals surface area contributed by atoms with E-state index in [2.05, 4.69) is 11.8 Å². The third-order valence-electron chi connectivity index (χ3n) is 2.79. The van der Waals surface area contributed by atoms with Gasteiger partial charge in [0.1, 0.15) is 0 Å². The fraction of sp³-hybridized carbons (Fsp3) is 1.00. The molecule has 0 aromatic heterocycles. The second-order valence-electron chi connectivity index (χ2n) is 3.81. The number of aliphatic hydroxyl groups is 1. The van der Waals surface area contributed by atoms with Gasteiger partial charge in [-0.2, -0.15) is 0 Å². The van der Waals surface area contributed by atoms with Crippen molar-refractivity contribution in [2.75, 3.05) is 19.7 Å². The molecule has 0 saturated carbocycles. The Labute approximate surface area is 75.6 Å². The van der Waals surface area contributed by atoms with Crippen molar-refractivity contribution >= 4 is 0 Å². The number of unbranched alkanes of at least 4 members (excludes halogenated alkanes) is 1. The summed E-state index contributed by atoms with van der Waals surface area (Å²) in [5, 5.41) is 8.63. The lowest BCUT2D eigenvalue weighted by molar-refractivity contribution is 0.230. The topological polar surface area (TPSA) is 23.5 Å². The average molecular weight is 171 g/mol. The molecule has 12 heavy (non-hydrogen) atoms. The molecule has 0 spiro atoms. The highest BCUT2D eigenvalue weighted by Crippen LogP contribution is 2.15. The van der Waals surface area contributed by atoms with Crippen molar-refractivity contribution in [2.45, 2.75) is 45.1 Å². The monoisotopic (exact) mass is 171 g/mol. The summed E-state index contributed by atoms with van der Waals surface area (Å²) in [5.74, 6) is 0. The number of aliphatic hydroxyl groups excluding tert-OH is 1. The van der Waals surface area contributed by atoms with E-state index in [0.29, 0.717) is 6.61 Å². The molecule has 1 heterocycles. The second kappa shape index (κ2) is 5.55. The molecule has 1 rings (SSSR count). The summed E-state index contributed by atoms with van der Waals surface area (Å²) in [5.41, 5.74) is 0. The lowest BCUT2D eigenvalue weighted by Gasteiger charge is -2.23. The summed E-state index contributed by atoms with van der Waals surface area (Å²) in [6.45, 7) is 5.25. The first-order chi connectivity index (χ1) is 5.84. The van der Waals surface area contributed by atoms with Crippen LogP contribution in [0.1, 0.15) is 39.0 Å². The largest absolute Gasteiger partial charge is 0.396 e. The first kappa shape index (κ1) is 10.0. The van der Waals surface area contributed by atoms with Gasteiger partial charge in [0.15, 0.2) is 0 Å². The van der Waals surface area contributed by atoms with Gasteiger partial charge in [-0.15, -0.1) is 0 Å². The van der Waals surface area contributed by atoms with Crippen molar-refractivity contribution in [3.63, 3.8) is 0 Å². The molecule has 1 atom stereocenters. The zero-order chi connectivity index (χ0) is 8.81. The standard InChI is InChI=1S/C10H21NO/c1-10(6-2-5-9-12)11-7-3-4-8-11/h10,12H,2-9H2,1H3. The summed E-state index contributed by atoms with van der Waals surface area (Å²) in [7, 11) is 0. The third-order valence-corrected chi connectivity index (χ3v) is 2.79. The average Bonchev–Trinajstić information content (AvgIpc) is 2.56. The Morgan fingerprint density at radius 3 is 2.50 bits per heavy atom. The van der Waals surface area contributed by atoms with Crippen LogP contribution in [0.5, 0.6) is 0 Å². The van der Waals surface area contributed by atoms with Crippen LogP contribution in [0, 0.1) is 0 Å². The van der Waals surface area contributed by atoms with Crippen LogP contribution in [-0.2, 0) is 0 Å². The first-order valence-electron chi connectivity index (χ1n) is 5.19. The highest BCUT2D eigenvalue weighted by Gasteiger charge is 2.16. The van der Waals surface area contributed by atoms with E-state index >= 15 is 0 Å². The van der Waals surface area contributed by atoms with Crippen LogP contribution >= 0.6 is 0 Å². The maximum atomic E-state index is 8.63. The van der Waals surface area contributed by atoms with Crippen molar-refractivity contribution in [1.29, 1.82) is 0 Å². The smallest absolute Gasteiger partial charge is 0.0431 e. The molecular weight excluding hydrogens is 150 g/mol. The van der Waals surface area contributed by atoms with Gasteiger partial charge in [0, 0.05) is 12.6 Å². The van der Waals surface area contributed by atoms with E-state index in [1.54, 1.807) is 0 Å². The molecule has 0 aromatic carbocycles. The minimum Gasteiger partial charge on any atom is -0.396 e. The number of rotatable bonds is 5. The summed E-state index contributed by atoms with van der Waals surface area (Å²) in [4.78, 5) is 2.57. The molecule has 0 aliphatic carbocycles. The van der Waals surface area contributed by atoms with Crippen LogP contribution in [0.4, 0.5) is 0 Å². The number of hydrogen-bond acceptors (Lipinski definition) is 2. The highest BCUT2D eigenvalue weighted by atomic mass is 16.2. The lowest BCUT2D eigenvalue weighted by Crippen LogP contribution is -2.29. The molecule has 0 aromatic rings. The van der Waals surface area contributed by atoms with Gasteiger partial charge in [0.2, 0.25) is 0 Å². The predicted molar refractivity (Wildman–Crippen MR) is 51.2 cm³/mol. The molecular formula is C10H21NO. The van der Waals surface area contributed by atoms with Gasteiger partial charge in [0.05, 0.1) is 0 Å². The number of hydrogen-bond donors (Lipinski definition) is 1. The summed E-state index contributed by atoms with van der Waals surface area (Å²) < 4.78 is 0. The summed E-state index contributed by atoms with van der Waals surface area (Å²) >= 11 is 0. The molecule has 1 unspecified atom stereocenters. The Morgan fingerprint density at radius 2 is 1.92 bits per heavy atom.